The van der Waals surface area contributed by atoms with Gasteiger partial charge in [-0.15, -0.1) is 10.2 Å². The summed E-state index contributed by atoms with van der Waals surface area (Å²) in [5, 5.41) is 10.4. The third-order valence-corrected chi connectivity index (χ3v) is 2.61. The van der Waals surface area contributed by atoms with Gasteiger partial charge in [-0.25, -0.2) is 10.8 Å². The van der Waals surface area contributed by atoms with Crippen LogP contribution in [-0.4, -0.2) is 26.1 Å². The number of imidazole rings is 1. The van der Waals surface area contributed by atoms with E-state index in [2.05, 4.69) is 30.9 Å². The van der Waals surface area contributed by atoms with E-state index in [1.807, 2.05) is 6.92 Å². The molecule has 5 N–H and O–H groups in total. The summed E-state index contributed by atoms with van der Waals surface area (Å²) in [6.07, 6.45) is 4.08. The number of hydrazine groups is 1. The van der Waals surface area contributed by atoms with Gasteiger partial charge in [0.15, 0.2) is 11.5 Å². The van der Waals surface area contributed by atoms with Crippen molar-refractivity contribution in [2.75, 3.05) is 5.43 Å². The number of amides is 1. The summed E-state index contributed by atoms with van der Waals surface area (Å²) >= 11 is 0. The Hall–Kier alpha value is -2.48. The Morgan fingerprint density at radius 3 is 2.84 bits per heavy atom. The summed E-state index contributed by atoms with van der Waals surface area (Å²) in [6.45, 7) is 1.96. The Morgan fingerprint density at radius 2 is 2.32 bits per heavy atom. The van der Waals surface area contributed by atoms with E-state index in [1.54, 1.807) is 24.5 Å². The maximum Gasteiger partial charge on any atom is 0.272 e. The van der Waals surface area contributed by atoms with Crippen molar-refractivity contribution in [3.63, 3.8) is 0 Å². The fourth-order valence-corrected chi connectivity index (χ4v) is 1.59. The Bertz CT molecular complexity index is 522. The highest BCUT2D eigenvalue weighted by molar-refractivity contribution is 5.92. The highest BCUT2D eigenvalue weighted by atomic mass is 16.2. The number of aromatic nitrogens is 4. The lowest BCUT2D eigenvalue weighted by Gasteiger charge is -2.14. The molecule has 1 atom stereocenters. The van der Waals surface area contributed by atoms with Crippen LogP contribution in [0, 0.1) is 0 Å². The number of anilines is 1. The van der Waals surface area contributed by atoms with Gasteiger partial charge in [0.1, 0.15) is 5.82 Å². The van der Waals surface area contributed by atoms with Crippen LogP contribution in [-0.2, 0) is 0 Å². The van der Waals surface area contributed by atoms with Crippen molar-refractivity contribution in [2.45, 2.75) is 19.4 Å². The first-order valence-electron chi connectivity index (χ1n) is 5.85. The second kappa shape index (κ2) is 5.91. The Labute approximate surface area is 109 Å². The molecule has 0 saturated heterocycles. The zero-order valence-electron chi connectivity index (χ0n) is 10.4. The average Bonchev–Trinajstić information content (AvgIpc) is 2.98. The molecule has 0 spiro atoms. The second-order valence-electron chi connectivity index (χ2n) is 3.86. The molecule has 8 heteroatoms. The van der Waals surface area contributed by atoms with Crippen molar-refractivity contribution in [1.82, 2.24) is 25.5 Å². The van der Waals surface area contributed by atoms with Gasteiger partial charge < -0.3 is 15.7 Å². The molecule has 100 valence electrons. The summed E-state index contributed by atoms with van der Waals surface area (Å²) in [5.74, 6) is 5.98. The molecule has 0 aromatic carbocycles. The maximum absolute atomic E-state index is 12.0. The molecule has 0 saturated carbocycles. The third kappa shape index (κ3) is 3.05. The molecule has 1 amide bonds. The van der Waals surface area contributed by atoms with Gasteiger partial charge in [0.2, 0.25) is 0 Å². The van der Waals surface area contributed by atoms with E-state index in [-0.39, 0.29) is 17.6 Å². The average molecular weight is 261 g/mol. The predicted octanol–water partition coefficient (Wildman–Crippen LogP) is 0.366. The summed E-state index contributed by atoms with van der Waals surface area (Å²) in [7, 11) is 0. The van der Waals surface area contributed by atoms with E-state index in [4.69, 9.17) is 5.84 Å². The molecular weight excluding hydrogens is 246 g/mol. The maximum atomic E-state index is 12.0. The molecule has 0 aliphatic heterocycles. The van der Waals surface area contributed by atoms with Gasteiger partial charge in [0, 0.05) is 12.4 Å². The number of nitrogens with two attached hydrogens (primary N) is 1. The lowest BCUT2D eigenvalue weighted by atomic mass is 10.2. The SMILES string of the molecule is CCC(NC(=O)c1ccc(NN)nn1)c1ncc[nH]1. The van der Waals surface area contributed by atoms with E-state index in [9.17, 15) is 4.79 Å². The van der Waals surface area contributed by atoms with Gasteiger partial charge in [0.05, 0.1) is 6.04 Å². The normalized spacial score (nSPS) is 11.9. The minimum absolute atomic E-state index is 0.184. The van der Waals surface area contributed by atoms with Crippen molar-refractivity contribution in [1.29, 1.82) is 0 Å². The zero-order chi connectivity index (χ0) is 13.7. The van der Waals surface area contributed by atoms with E-state index in [0.717, 1.165) is 6.42 Å². The van der Waals surface area contributed by atoms with Crippen LogP contribution in [0.1, 0.15) is 35.7 Å². The van der Waals surface area contributed by atoms with Crippen molar-refractivity contribution in [3.8, 4) is 0 Å². The van der Waals surface area contributed by atoms with Crippen LogP contribution in [0.4, 0.5) is 5.82 Å². The van der Waals surface area contributed by atoms with Crippen molar-refractivity contribution in [3.05, 3.63) is 36.0 Å². The number of H-pyrrole nitrogens is 1. The van der Waals surface area contributed by atoms with Gasteiger partial charge in [-0.05, 0) is 18.6 Å². The number of carbonyl (C=O) groups excluding carboxylic acids is 1. The van der Waals surface area contributed by atoms with Crippen molar-refractivity contribution >= 4 is 11.7 Å². The molecule has 0 fully saturated rings. The number of hydrogen-bond acceptors (Lipinski definition) is 6. The molecule has 2 rings (SSSR count). The minimum Gasteiger partial charge on any atom is -0.347 e. The van der Waals surface area contributed by atoms with Crippen LogP contribution in [0.3, 0.4) is 0 Å². The molecule has 2 heterocycles. The molecule has 0 bridgehead atoms. The largest absolute Gasteiger partial charge is 0.347 e. The molecule has 8 nitrogen and oxygen atoms in total. The topological polar surface area (TPSA) is 122 Å². The molecule has 2 aromatic heterocycles. The number of nitrogen functional groups attached to an aromatic ring is 1. The molecule has 1 unspecified atom stereocenters. The number of carbonyl (C=O) groups is 1. The van der Waals surface area contributed by atoms with Crippen LogP contribution in [0.15, 0.2) is 24.5 Å². The summed E-state index contributed by atoms with van der Waals surface area (Å²) < 4.78 is 0. The standard InChI is InChI=1S/C11H15N7O/c1-2-7(10-13-5-6-14-10)15-11(19)8-3-4-9(16-12)18-17-8/h3-7H,2,12H2,1H3,(H,13,14)(H,15,19)(H,16,18). The van der Waals surface area contributed by atoms with Crippen LogP contribution >= 0.6 is 0 Å². The Balaban J connectivity index is 2.06. The number of rotatable bonds is 5. The Morgan fingerprint density at radius 1 is 1.47 bits per heavy atom. The number of nitrogens with one attached hydrogen (secondary N) is 3. The summed E-state index contributed by atoms with van der Waals surface area (Å²) in [5.41, 5.74) is 2.57. The van der Waals surface area contributed by atoms with Gasteiger partial charge in [-0.3, -0.25) is 4.79 Å². The summed E-state index contributed by atoms with van der Waals surface area (Å²) in [4.78, 5) is 19.1. The van der Waals surface area contributed by atoms with E-state index in [0.29, 0.717) is 11.6 Å². The number of aromatic amines is 1. The van der Waals surface area contributed by atoms with E-state index in [1.165, 1.54) is 0 Å². The fraction of sp³-hybridized carbons (Fsp3) is 0.273. The van der Waals surface area contributed by atoms with Gasteiger partial charge in [-0.2, -0.15) is 0 Å². The van der Waals surface area contributed by atoms with Crippen LogP contribution in [0.5, 0.6) is 0 Å². The molecular formula is C11H15N7O. The quantitative estimate of drug-likeness (QED) is 0.455. The van der Waals surface area contributed by atoms with E-state index < -0.39 is 0 Å². The van der Waals surface area contributed by atoms with Gasteiger partial charge >= 0.3 is 0 Å². The molecule has 0 radical (unpaired) electrons. The highest BCUT2D eigenvalue weighted by Crippen LogP contribution is 2.12. The van der Waals surface area contributed by atoms with Crippen molar-refractivity contribution < 1.29 is 4.79 Å². The predicted molar refractivity (Wildman–Crippen MR) is 68.9 cm³/mol. The monoisotopic (exact) mass is 261 g/mol. The minimum atomic E-state index is -0.306. The van der Waals surface area contributed by atoms with E-state index >= 15 is 0 Å². The smallest absolute Gasteiger partial charge is 0.272 e. The van der Waals surface area contributed by atoms with Crippen molar-refractivity contribution in [2.24, 2.45) is 5.84 Å². The van der Waals surface area contributed by atoms with Crippen LogP contribution < -0.4 is 16.6 Å². The van der Waals surface area contributed by atoms with Crippen LogP contribution in [0.2, 0.25) is 0 Å². The molecule has 0 aliphatic rings. The second-order valence-corrected chi connectivity index (χ2v) is 3.86. The van der Waals surface area contributed by atoms with Gasteiger partial charge in [0.25, 0.3) is 5.91 Å². The number of nitrogens with zero attached hydrogens (tertiary/aromatic N) is 3. The first kappa shape index (κ1) is 13.0. The lowest BCUT2D eigenvalue weighted by molar-refractivity contribution is 0.0928. The third-order valence-electron chi connectivity index (χ3n) is 2.61. The fourth-order valence-electron chi connectivity index (χ4n) is 1.59. The van der Waals surface area contributed by atoms with Gasteiger partial charge in [-0.1, -0.05) is 6.92 Å². The molecule has 0 aliphatic carbocycles. The zero-order valence-corrected chi connectivity index (χ0v) is 10.4. The molecule has 19 heavy (non-hydrogen) atoms. The highest BCUT2D eigenvalue weighted by Gasteiger charge is 2.16. The first-order chi connectivity index (χ1) is 9.24. The lowest BCUT2D eigenvalue weighted by Crippen LogP contribution is -2.29. The van der Waals surface area contributed by atoms with Crippen LogP contribution in [0.25, 0.3) is 0 Å². The number of hydrogen-bond donors (Lipinski definition) is 4. The Kier molecular flexibility index (Phi) is 4.04. The first-order valence-corrected chi connectivity index (χ1v) is 5.85. The summed E-state index contributed by atoms with van der Waals surface area (Å²) in [6, 6.07) is 2.94. The molecule has 2 aromatic rings.